The van der Waals surface area contributed by atoms with Crippen LogP contribution in [0.4, 0.5) is 0 Å². The summed E-state index contributed by atoms with van der Waals surface area (Å²) in [6, 6.07) is 17.0. The van der Waals surface area contributed by atoms with Gasteiger partial charge in [-0.3, -0.25) is 0 Å². The first-order valence-corrected chi connectivity index (χ1v) is 6.52. The summed E-state index contributed by atoms with van der Waals surface area (Å²) in [4.78, 5) is 12.3. The zero-order chi connectivity index (χ0) is 13.5. The molecule has 0 N–H and O–H groups in total. The van der Waals surface area contributed by atoms with Crippen molar-refractivity contribution in [2.45, 2.75) is 4.90 Å². The Bertz CT molecular complexity index is 607. The maximum Gasteiger partial charge on any atom is 0.337 e. The molecule has 2 nitrogen and oxygen atoms in total. The molecule has 0 saturated heterocycles. The lowest BCUT2D eigenvalue weighted by atomic mass is 10.2. The fourth-order valence-corrected chi connectivity index (χ4v) is 2.00. The fourth-order valence-electron chi connectivity index (χ4n) is 1.44. The molecule has 2 aromatic carbocycles. The van der Waals surface area contributed by atoms with Crippen LogP contribution in [-0.4, -0.2) is 13.1 Å². The molecule has 0 unspecified atom stereocenters. The average molecular weight is 268 g/mol. The molecule has 0 spiro atoms. The van der Waals surface area contributed by atoms with Crippen LogP contribution >= 0.6 is 11.8 Å². The molecule has 0 aliphatic carbocycles. The summed E-state index contributed by atoms with van der Waals surface area (Å²) < 4.78 is 4.64. The summed E-state index contributed by atoms with van der Waals surface area (Å²) in [6.07, 6.45) is 0. The summed E-state index contributed by atoms with van der Waals surface area (Å²) in [6.45, 7) is 0. The minimum atomic E-state index is -0.327. The molecular weight excluding hydrogens is 256 g/mol. The second-order valence-corrected chi connectivity index (χ2v) is 4.59. The van der Waals surface area contributed by atoms with Gasteiger partial charge in [0.25, 0.3) is 0 Å². The summed E-state index contributed by atoms with van der Waals surface area (Å²) in [5.74, 6) is 2.74. The summed E-state index contributed by atoms with van der Waals surface area (Å²) in [5, 5.41) is 3.03. The smallest absolute Gasteiger partial charge is 0.337 e. The van der Waals surface area contributed by atoms with E-state index in [2.05, 4.69) is 15.9 Å². The molecule has 19 heavy (non-hydrogen) atoms. The summed E-state index contributed by atoms with van der Waals surface area (Å²) >= 11 is 1.43. The van der Waals surface area contributed by atoms with Crippen LogP contribution in [0, 0.1) is 11.2 Å². The Kier molecular flexibility index (Phi) is 4.66. The molecule has 2 aromatic rings. The van der Waals surface area contributed by atoms with E-state index < -0.39 is 0 Å². The third-order valence-electron chi connectivity index (χ3n) is 2.41. The number of benzene rings is 2. The molecule has 0 radical (unpaired) electrons. The normalized spacial score (nSPS) is 9.32. The molecule has 0 aliphatic heterocycles. The van der Waals surface area contributed by atoms with E-state index >= 15 is 0 Å². The first-order valence-electron chi connectivity index (χ1n) is 5.71. The van der Waals surface area contributed by atoms with Crippen molar-refractivity contribution in [3.8, 4) is 11.2 Å². The van der Waals surface area contributed by atoms with Gasteiger partial charge in [-0.05, 0) is 53.4 Å². The van der Waals surface area contributed by atoms with Crippen LogP contribution < -0.4 is 0 Å². The Labute approximate surface area is 116 Å². The van der Waals surface area contributed by atoms with Gasteiger partial charge in [-0.1, -0.05) is 24.1 Å². The van der Waals surface area contributed by atoms with E-state index in [-0.39, 0.29) is 5.97 Å². The second-order valence-electron chi connectivity index (χ2n) is 3.71. The number of hydrogen-bond acceptors (Lipinski definition) is 3. The van der Waals surface area contributed by atoms with Gasteiger partial charge in [0, 0.05) is 10.5 Å². The molecule has 0 atom stereocenters. The SMILES string of the molecule is COC(=O)c1ccc(SC#Cc2ccccc2)cc1. The Morgan fingerprint density at radius 1 is 1.05 bits per heavy atom. The van der Waals surface area contributed by atoms with Crippen molar-refractivity contribution < 1.29 is 9.53 Å². The third-order valence-corrected chi connectivity index (χ3v) is 3.13. The lowest BCUT2D eigenvalue weighted by Gasteiger charge is -1.99. The van der Waals surface area contributed by atoms with Crippen LogP contribution in [0.5, 0.6) is 0 Å². The Morgan fingerprint density at radius 3 is 2.37 bits per heavy atom. The number of ether oxygens (including phenoxy) is 1. The average Bonchev–Trinajstić information content (AvgIpc) is 2.48. The van der Waals surface area contributed by atoms with E-state index in [0.29, 0.717) is 5.56 Å². The number of carbonyl (C=O) groups is 1. The lowest BCUT2D eigenvalue weighted by Crippen LogP contribution is -1.99. The van der Waals surface area contributed by atoms with Crippen molar-refractivity contribution in [3.05, 3.63) is 65.7 Å². The standard InChI is InChI=1S/C16H12O2S/c1-18-16(17)14-7-9-15(10-8-14)19-12-11-13-5-3-2-4-6-13/h2-10H,1H3. The van der Waals surface area contributed by atoms with E-state index in [0.717, 1.165) is 10.5 Å². The van der Waals surface area contributed by atoms with Crippen molar-refractivity contribution >= 4 is 17.7 Å². The molecule has 0 aromatic heterocycles. The van der Waals surface area contributed by atoms with E-state index in [1.54, 1.807) is 12.1 Å². The van der Waals surface area contributed by atoms with Crippen LogP contribution in [0.25, 0.3) is 0 Å². The highest BCUT2D eigenvalue weighted by Crippen LogP contribution is 2.17. The maximum absolute atomic E-state index is 11.3. The molecule has 0 saturated carbocycles. The van der Waals surface area contributed by atoms with E-state index in [1.807, 2.05) is 42.5 Å². The zero-order valence-electron chi connectivity index (χ0n) is 10.4. The third kappa shape index (κ3) is 3.90. The molecule has 3 heteroatoms. The van der Waals surface area contributed by atoms with Crippen LogP contribution in [0.2, 0.25) is 0 Å². The van der Waals surface area contributed by atoms with Gasteiger partial charge in [-0.25, -0.2) is 4.79 Å². The quantitative estimate of drug-likeness (QED) is 0.473. The van der Waals surface area contributed by atoms with Crippen molar-refractivity contribution in [2.75, 3.05) is 7.11 Å². The number of rotatable bonds is 2. The number of esters is 1. The second kappa shape index (κ2) is 6.67. The molecular formula is C16H12O2S. The van der Waals surface area contributed by atoms with E-state index in [1.165, 1.54) is 18.9 Å². The number of methoxy groups -OCH3 is 1. The van der Waals surface area contributed by atoms with Crippen molar-refractivity contribution in [3.63, 3.8) is 0 Å². The van der Waals surface area contributed by atoms with Crippen molar-refractivity contribution in [1.29, 1.82) is 0 Å². The van der Waals surface area contributed by atoms with Gasteiger partial charge in [0.15, 0.2) is 0 Å². The fraction of sp³-hybridized carbons (Fsp3) is 0.0625. The highest BCUT2D eigenvalue weighted by molar-refractivity contribution is 8.03. The molecule has 0 bridgehead atoms. The van der Waals surface area contributed by atoms with Gasteiger partial charge in [0.05, 0.1) is 12.7 Å². The minimum absolute atomic E-state index is 0.327. The number of hydrogen-bond donors (Lipinski definition) is 0. The molecule has 0 amide bonds. The topological polar surface area (TPSA) is 26.3 Å². The van der Waals surface area contributed by atoms with Crippen LogP contribution in [0.15, 0.2) is 59.5 Å². The van der Waals surface area contributed by atoms with E-state index in [4.69, 9.17) is 0 Å². The van der Waals surface area contributed by atoms with Gasteiger partial charge in [-0.15, -0.1) is 0 Å². The summed E-state index contributed by atoms with van der Waals surface area (Å²) in [7, 11) is 1.37. The molecule has 2 rings (SSSR count). The largest absolute Gasteiger partial charge is 0.465 e. The molecule has 94 valence electrons. The maximum atomic E-state index is 11.3. The highest BCUT2D eigenvalue weighted by Gasteiger charge is 2.03. The van der Waals surface area contributed by atoms with Crippen molar-refractivity contribution in [2.24, 2.45) is 0 Å². The van der Waals surface area contributed by atoms with Gasteiger partial charge in [0.2, 0.25) is 0 Å². The van der Waals surface area contributed by atoms with Gasteiger partial charge < -0.3 is 4.74 Å². The van der Waals surface area contributed by atoms with Gasteiger partial charge in [-0.2, -0.15) is 0 Å². The number of thioether (sulfide) groups is 1. The molecule has 0 heterocycles. The van der Waals surface area contributed by atoms with Crippen LogP contribution in [-0.2, 0) is 4.74 Å². The van der Waals surface area contributed by atoms with Crippen LogP contribution in [0.3, 0.4) is 0 Å². The Hall–Kier alpha value is -2.18. The van der Waals surface area contributed by atoms with E-state index in [9.17, 15) is 4.79 Å². The predicted octanol–water partition coefficient (Wildman–Crippen LogP) is 3.57. The van der Waals surface area contributed by atoms with Crippen LogP contribution in [0.1, 0.15) is 15.9 Å². The zero-order valence-corrected chi connectivity index (χ0v) is 11.2. The van der Waals surface area contributed by atoms with Gasteiger partial charge in [0.1, 0.15) is 0 Å². The highest BCUT2D eigenvalue weighted by atomic mass is 32.2. The molecule has 0 fully saturated rings. The van der Waals surface area contributed by atoms with Crippen molar-refractivity contribution in [1.82, 2.24) is 0 Å². The first kappa shape index (κ1) is 13.3. The Balaban J connectivity index is 2.01. The minimum Gasteiger partial charge on any atom is -0.465 e. The predicted molar refractivity (Wildman–Crippen MR) is 77.0 cm³/mol. The monoisotopic (exact) mass is 268 g/mol. The summed E-state index contributed by atoms with van der Waals surface area (Å²) in [5.41, 5.74) is 1.53. The lowest BCUT2D eigenvalue weighted by molar-refractivity contribution is 0.0600. The first-order chi connectivity index (χ1) is 9.29. The van der Waals surface area contributed by atoms with Gasteiger partial charge >= 0.3 is 5.97 Å². The molecule has 0 aliphatic rings. The number of carbonyl (C=O) groups excluding carboxylic acids is 1. The Morgan fingerprint density at radius 2 is 1.74 bits per heavy atom.